The third-order valence-electron chi connectivity index (χ3n) is 1.94. The first kappa shape index (κ1) is 9.70. The summed E-state index contributed by atoms with van der Waals surface area (Å²) in [6.45, 7) is 0. The SMILES string of the molecule is FC(F)(F)c1ccncc1-c1cn[nH]c1. The van der Waals surface area contributed by atoms with Crippen molar-refractivity contribution >= 4 is 0 Å². The number of nitrogens with one attached hydrogen (secondary N) is 1. The fourth-order valence-corrected chi connectivity index (χ4v) is 1.27. The van der Waals surface area contributed by atoms with Crippen molar-refractivity contribution in [3.05, 3.63) is 36.4 Å². The van der Waals surface area contributed by atoms with E-state index in [1.165, 1.54) is 18.6 Å². The molecule has 2 aromatic heterocycles. The largest absolute Gasteiger partial charge is 0.417 e. The third kappa shape index (κ3) is 1.83. The Morgan fingerprint density at radius 1 is 1.20 bits per heavy atom. The quantitative estimate of drug-likeness (QED) is 0.790. The number of pyridine rings is 1. The number of H-pyrrole nitrogens is 1. The van der Waals surface area contributed by atoms with E-state index in [0.29, 0.717) is 5.56 Å². The van der Waals surface area contributed by atoms with E-state index in [2.05, 4.69) is 15.2 Å². The van der Waals surface area contributed by atoms with Crippen LogP contribution in [0.2, 0.25) is 0 Å². The standard InChI is InChI=1S/C9H6F3N3/c10-9(11,12)8-1-2-13-5-7(8)6-3-14-15-4-6/h1-5H,(H,14,15). The lowest BCUT2D eigenvalue weighted by Gasteiger charge is -2.10. The highest BCUT2D eigenvalue weighted by Crippen LogP contribution is 2.35. The Balaban J connectivity index is 2.58. The molecule has 6 heteroatoms. The Morgan fingerprint density at radius 2 is 2.00 bits per heavy atom. The smallest absolute Gasteiger partial charge is 0.285 e. The molecule has 0 aromatic carbocycles. The summed E-state index contributed by atoms with van der Waals surface area (Å²) in [6, 6.07) is 0.947. The Hall–Kier alpha value is -1.85. The van der Waals surface area contributed by atoms with Gasteiger partial charge in [-0.15, -0.1) is 0 Å². The molecule has 0 unspecified atom stereocenters. The summed E-state index contributed by atoms with van der Waals surface area (Å²) in [5, 5.41) is 6.06. The summed E-state index contributed by atoms with van der Waals surface area (Å²) in [6.07, 6.45) is 0.633. The Kier molecular flexibility index (Phi) is 2.18. The van der Waals surface area contributed by atoms with Gasteiger partial charge in [-0.05, 0) is 6.07 Å². The zero-order valence-corrected chi connectivity index (χ0v) is 7.42. The first-order valence-electron chi connectivity index (χ1n) is 4.09. The molecule has 0 spiro atoms. The molecule has 15 heavy (non-hydrogen) atoms. The normalized spacial score (nSPS) is 11.7. The van der Waals surface area contributed by atoms with Crippen molar-refractivity contribution in [3.8, 4) is 11.1 Å². The van der Waals surface area contributed by atoms with Gasteiger partial charge in [0.2, 0.25) is 0 Å². The van der Waals surface area contributed by atoms with E-state index in [4.69, 9.17) is 0 Å². The number of aromatic nitrogens is 3. The van der Waals surface area contributed by atoms with Crippen molar-refractivity contribution < 1.29 is 13.2 Å². The summed E-state index contributed by atoms with van der Waals surface area (Å²) in [5.74, 6) is 0. The summed E-state index contributed by atoms with van der Waals surface area (Å²) >= 11 is 0. The van der Waals surface area contributed by atoms with E-state index >= 15 is 0 Å². The average Bonchev–Trinajstić information content (AvgIpc) is 2.69. The molecule has 0 bridgehead atoms. The predicted octanol–water partition coefficient (Wildman–Crippen LogP) is 2.49. The fraction of sp³-hybridized carbons (Fsp3) is 0.111. The van der Waals surface area contributed by atoms with Gasteiger partial charge in [0.05, 0.1) is 11.8 Å². The van der Waals surface area contributed by atoms with E-state index in [9.17, 15) is 13.2 Å². The highest BCUT2D eigenvalue weighted by atomic mass is 19.4. The van der Waals surface area contributed by atoms with E-state index < -0.39 is 11.7 Å². The lowest BCUT2D eigenvalue weighted by atomic mass is 10.1. The monoisotopic (exact) mass is 213 g/mol. The van der Waals surface area contributed by atoms with Crippen molar-refractivity contribution in [2.75, 3.05) is 0 Å². The molecule has 0 aliphatic carbocycles. The number of nitrogens with zero attached hydrogens (tertiary/aromatic N) is 2. The highest BCUT2D eigenvalue weighted by molar-refractivity contribution is 5.65. The number of hydrogen-bond donors (Lipinski definition) is 1. The minimum atomic E-state index is -4.38. The van der Waals surface area contributed by atoms with Gasteiger partial charge in [0.25, 0.3) is 0 Å². The third-order valence-corrected chi connectivity index (χ3v) is 1.94. The number of alkyl halides is 3. The van der Waals surface area contributed by atoms with Crippen LogP contribution in [0.15, 0.2) is 30.9 Å². The fourth-order valence-electron chi connectivity index (χ4n) is 1.27. The molecule has 0 amide bonds. The van der Waals surface area contributed by atoms with Crippen molar-refractivity contribution in [1.29, 1.82) is 0 Å². The lowest BCUT2D eigenvalue weighted by Crippen LogP contribution is -2.07. The lowest BCUT2D eigenvalue weighted by molar-refractivity contribution is -0.137. The van der Waals surface area contributed by atoms with Crippen LogP contribution in [0.1, 0.15) is 5.56 Å². The molecule has 0 radical (unpaired) electrons. The minimum absolute atomic E-state index is 0.0266. The molecule has 2 aromatic rings. The Morgan fingerprint density at radius 3 is 2.60 bits per heavy atom. The molecular formula is C9H6F3N3. The number of halogens is 3. The molecule has 0 fully saturated rings. The van der Waals surface area contributed by atoms with Crippen LogP contribution in [-0.4, -0.2) is 15.2 Å². The number of rotatable bonds is 1. The second-order valence-corrected chi connectivity index (χ2v) is 2.91. The summed E-state index contributed by atoms with van der Waals surface area (Å²) in [5.41, 5.74) is -0.312. The van der Waals surface area contributed by atoms with E-state index in [1.807, 2.05) is 0 Å². The number of hydrogen-bond acceptors (Lipinski definition) is 2. The summed E-state index contributed by atoms with van der Waals surface area (Å²) < 4.78 is 37.7. The van der Waals surface area contributed by atoms with Gasteiger partial charge in [0.15, 0.2) is 0 Å². The molecule has 0 saturated carbocycles. The van der Waals surface area contributed by atoms with Gasteiger partial charge >= 0.3 is 6.18 Å². The van der Waals surface area contributed by atoms with Crippen LogP contribution in [0.5, 0.6) is 0 Å². The van der Waals surface area contributed by atoms with E-state index in [1.54, 1.807) is 0 Å². The van der Waals surface area contributed by atoms with Crippen molar-refractivity contribution in [1.82, 2.24) is 15.2 Å². The highest BCUT2D eigenvalue weighted by Gasteiger charge is 2.33. The van der Waals surface area contributed by atoms with E-state index in [0.717, 1.165) is 12.3 Å². The minimum Gasteiger partial charge on any atom is -0.285 e. The van der Waals surface area contributed by atoms with Crippen LogP contribution in [-0.2, 0) is 6.18 Å². The van der Waals surface area contributed by atoms with Crippen LogP contribution >= 0.6 is 0 Å². The zero-order chi connectivity index (χ0) is 10.9. The maximum atomic E-state index is 12.6. The topological polar surface area (TPSA) is 41.6 Å². The van der Waals surface area contributed by atoms with Crippen LogP contribution < -0.4 is 0 Å². The summed E-state index contributed by atoms with van der Waals surface area (Å²) in [4.78, 5) is 3.67. The molecule has 3 nitrogen and oxygen atoms in total. The van der Waals surface area contributed by atoms with Crippen molar-refractivity contribution in [2.45, 2.75) is 6.18 Å². The maximum Gasteiger partial charge on any atom is 0.417 e. The van der Waals surface area contributed by atoms with Gasteiger partial charge in [0.1, 0.15) is 0 Å². The van der Waals surface area contributed by atoms with Crippen molar-refractivity contribution in [2.24, 2.45) is 0 Å². The van der Waals surface area contributed by atoms with Crippen LogP contribution in [0.4, 0.5) is 13.2 Å². The average molecular weight is 213 g/mol. The van der Waals surface area contributed by atoms with Crippen LogP contribution in [0, 0.1) is 0 Å². The van der Waals surface area contributed by atoms with Gasteiger partial charge in [-0.1, -0.05) is 0 Å². The molecule has 1 N–H and O–H groups in total. The van der Waals surface area contributed by atoms with Crippen molar-refractivity contribution in [3.63, 3.8) is 0 Å². The van der Waals surface area contributed by atoms with Gasteiger partial charge < -0.3 is 0 Å². The zero-order valence-electron chi connectivity index (χ0n) is 7.42. The van der Waals surface area contributed by atoms with Gasteiger partial charge in [-0.2, -0.15) is 18.3 Å². The second kappa shape index (κ2) is 3.38. The Labute approximate surface area is 83.0 Å². The predicted molar refractivity (Wildman–Crippen MR) is 46.8 cm³/mol. The maximum absolute atomic E-state index is 12.6. The molecule has 0 saturated heterocycles. The molecule has 0 aliphatic heterocycles. The molecule has 2 rings (SSSR count). The molecule has 0 atom stereocenters. The first-order chi connectivity index (χ1) is 7.09. The van der Waals surface area contributed by atoms with Gasteiger partial charge in [-0.25, -0.2) is 0 Å². The second-order valence-electron chi connectivity index (χ2n) is 2.91. The molecular weight excluding hydrogens is 207 g/mol. The van der Waals surface area contributed by atoms with Gasteiger partial charge in [-0.3, -0.25) is 10.1 Å². The van der Waals surface area contributed by atoms with Crippen LogP contribution in [0.25, 0.3) is 11.1 Å². The molecule has 0 aliphatic rings. The Bertz CT molecular complexity index is 448. The van der Waals surface area contributed by atoms with Crippen LogP contribution in [0.3, 0.4) is 0 Å². The first-order valence-corrected chi connectivity index (χ1v) is 4.09. The van der Waals surface area contributed by atoms with Gasteiger partial charge in [0, 0.05) is 29.7 Å². The molecule has 2 heterocycles. The van der Waals surface area contributed by atoms with E-state index in [-0.39, 0.29) is 5.56 Å². The molecule has 78 valence electrons. The number of aromatic amines is 1. The summed E-state index contributed by atoms with van der Waals surface area (Å²) in [7, 11) is 0.